The number of imidazole rings is 1. The molecule has 212 valence electrons. The number of fused-ring (bicyclic) bond motifs is 4. The summed E-state index contributed by atoms with van der Waals surface area (Å²) < 4.78 is 2.11. The summed E-state index contributed by atoms with van der Waals surface area (Å²) in [6.45, 7) is 7.96. The highest BCUT2D eigenvalue weighted by atomic mass is 15.1. The van der Waals surface area contributed by atoms with Gasteiger partial charge in [-0.2, -0.15) is 0 Å². The molecular formula is C42H29N3. The van der Waals surface area contributed by atoms with Crippen LogP contribution >= 0.6 is 0 Å². The molecule has 0 bridgehead atoms. The van der Waals surface area contributed by atoms with Crippen LogP contribution in [0.2, 0.25) is 0 Å². The van der Waals surface area contributed by atoms with Gasteiger partial charge in [-0.3, -0.25) is 4.57 Å². The van der Waals surface area contributed by atoms with Gasteiger partial charge in [0, 0.05) is 11.1 Å². The van der Waals surface area contributed by atoms with Crippen LogP contribution in [0.25, 0.3) is 77.1 Å². The molecule has 0 saturated carbocycles. The summed E-state index contributed by atoms with van der Waals surface area (Å²) in [5.41, 5.74) is 7.21. The van der Waals surface area contributed by atoms with Gasteiger partial charge in [-0.15, -0.1) is 0 Å². The summed E-state index contributed by atoms with van der Waals surface area (Å²) in [6.07, 6.45) is 5.51. The lowest BCUT2D eigenvalue weighted by atomic mass is 9.87. The van der Waals surface area contributed by atoms with Crippen LogP contribution in [0, 0.1) is 0 Å². The molecule has 6 aromatic carbocycles. The zero-order chi connectivity index (χ0) is 30.3. The fourth-order valence-electron chi connectivity index (χ4n) is 6.56. The minimum Gasteiger partial charge on any atom is -0.276 e. The second-order valence-corrected chi connectivity index (χ2v) is 11.1. The van der Waals surface area contributed by atoms with Crippen LogP contribution in [0.3, 0.4) is 0 Å². The van der Waals surface area contributed by atoms with Crippen molar-refractivity contribution in [3.63, 3.8) is 0 Å². The van der Waals surface area contributed by atoms with Gasteiger partial charge in [-0.1, -0.05) is 135 Å². The first-order chi connectivity index (χ1) is 22.2. The molecule has 0 unspecified atom stereocenters. The lowest BCUT2D eigenvalue weighted by Crippen LogP contribution is -2.03. The number of rotatable bonds is 6. The third-order valence-corrected chi connectivity index (χ3v) is 8.53. The first-order valence-electron chi connectivity index (χ1n) is 15.1. The van der Waals surface area contributed by atoms with Crippen LogP contribution < -0.4 is 0 Å². The van der Waals surface area contributed by atoms with E-state index < -0.39 is 0 Å². The molecule has 0 aliphatic carbocycles. The molecule has 0 amide bonds. The molecule has 0 N–H and O–H groups in total. The Morgan fingerprint density at radius 2 is 1.22 bits per heavy atom. The van der Waals surface area contributed by atoms with E-state index in [0.717, 1.165) is 50.3 Å². The second kappa shape index (κ2) is 10.9. The Morgan fingerprint density at radius 3 is 1.93 bits per heavy atom. The van der Waals surface area contributed by atoms with E-state index >= 15 is 0 Å². The normalized spacial score (nSPS) is 11.9. The summed E-state index contributed by atoms with van der Waals surface area (Å²) in [5, 5.41) is 7.20. The van der Waals surface area contributed by atoms with E-state index in [4.69, 9.17) is 9.97 Å². The summed E-state index contributed by atoms with van der Waals surface area (Å²) in [6, 6.07) is 47.1. The van der Waals surface area contributed by atoms with Crippen molar-refractivity contribution in [3.05, 3.63) is 171 Å². The molecule has 8 rings (SSSR count). The van der Waals surface area contributed by atoms with Gasteiger partial charge in [0.15, 0.2) is 0 Å². The average molecular weight is 576 g/mol. The van der Waals surface area contributed by atoms with Gasteiger partial charge in [0.05, 0.1) is 16.7 Å². The highest BCUT2D eigenvalue weighted by molar-refractivity contribution is 6.21. The largest absolute Gasteiger partial charge is 0.276 e. The number of hydrogen-bond acceptors (Lipinski definition) is 2. The van der Waals surface area contributed by atoms with Gasteiger partial charge in [-0.05, 0) is 73.8 Å². The molecule has 8 aromatic rings. The standard InChI is InChI=1S/C42H29N3/c1-3-14-28(4-2)42-44-36-21-11-12-23-38(36)45(42)39-24-13-22-37(43-39)41-34-19-9-7-17-32(34)40(33-18-8-10-20-35(33)41)31-26-25-29-15-5-6-16-30(29)27-31/h3-27H,1-2H2/b28-14+. The van der Waals surface area contributed by atoms with Crippen LogP contribution in [0.5, 0.6) is 0 Å². The first-order valence-corrected chi connectivity index (χ1v) is 15.1. The third-order valence-electron chi connectivity index (χ3n) is 8.53. The van der Waals surface area contributed by atoms with Crippen molar-refractivity contribution in [1.29, 1.82) is 0 Å². The number of pyridine rings is 1. The number of benzene rings is 6. The lowest BCUT2D eigenvalue weighted by Gasteiger charge is -2.18. The van der Waals surface area contributed by atoms with Crippen molar-refractivity contribution in [2.24, 2.45) is 0 Å². The molecule has 2 heterocycles. The molecular weight excluding hydrogens is 546 g/mol. The Morgan fingerprint density at radius 1 is 0.578 bits per heavy atom. The molecule has 3 nitrogen and oxygen atoms in total. The van der Waals surface area contributed by atoms with E-state index in [1.807, 2.05) is 36.4 Å². The van der Waals surface area contributed by atoms with Gasteiger partial charge in [0.25, 0.3) is 0 Å². The lowest BCUT2D eigenvalue weighted by molar-refractivity contribution is 1.00. The van der Waals surface area contributed by atoms with Crippen molar-refractivity contribution in [3.8, 4) is 28.2 Å². The van der Waals surface area contributed by atoms with Gasteiger partial charge in [0.1, 0.15) is 11.6 Å². The van der Waals surface area contributed by atoms with Gasteiger partial charge in [-0.25, -0.2) is 9.97 Å². The maximum absolute atomic E-state index is 5.35. The van der Waals surface area contributed by atoms with E-state index in [9.17, 15) is 0 Å². The van der Waals surface area contributed by atoms with Gasteiger partial charge >= 0.3 is 0 Å². The quantitative estimate of drug-likeness (QED) is 0.146. The summed E-state index contributed by atoms with van der Waals surface area (Å²) in [7, 11) is 0. The van der Waals surface area contributed by atoms with Gasteiger partial charge < -0.3 is 0 Å². The van der Waals surface area contributed by atoms with E-state index in [1.165, 1.54) is 32.7 Å². The highest BCUT2D eigenvalue weighted by Gasteiger charge is 2.20. The monoisotopic (exact) mass is 575 g/mol. The molecule has 0 aliphatic rings. The van der Waals surface area contributed by atoms with Crippen molar-refractivity contribution in [2.75, 3.05) is 0 Å². The molecule has 0 radical (unpaired) electrons. The molecule has 45 heavy (non-hydrogen) atoms. The summed E-state index contributed by atoms with van der Waals surface area (Å²) >= 11 is 0. The Balaban J connectivity index is 1.41. The van der Waals surface area contributed by atoms with Crippen LogP contribution in [-0.2, 0) is 0 Å². The highest BCUT2D eigenvalue weighted by Crippen LogP contribution is 2.43. The van der Waals surface area contributed by atoms with Crippen LogP contribution in [0.4, 0.5) is 0 Å². The number of para-hydroxylation sites is 2. The zero-order valence-electron chi connectivity index (χ0n) is 24.7. The number of nitrogens with zero attached hydrogens (tertiary/aromatic N) is 3. The average Bonchev–Trinajstić information content (AvgIpc) is 3.48. The number of hydrogen-bond donors (Lipinski definition) is 0. The third kappa shape index (κ3) is 4.37. The van der Waals surface area contributed by atoms with Gasteiger partial charge in [0.2, 0.25) is 0 Å². The van der Waals surface area contributed by atoms with E-state index in [1.54, 1.807) is 6.08 Å². The number of aromatic nitrogens is 3. The topological polar surface area (TPSA) is 30.7 Å². The van der Waals surface area contributed by atoms with E-state index in [0.29, 0.717) is 0 Å². The Bertz CT molecular complexity index is 2420. The predicted molar refractivity (Wildman–Crippen MR) is 191 cm³/mol. The van der Waals surface area contributed by atoms with Crippen LogP contribution in [0.1, 0.15) is 5.82 Å². The van der Waals surface area contributed by atoms with Crippen molar-refractivity contribution in [1.82, 2.24) is 14.5 Å². The zero-order valence-corrected chi connectivity index (χ0v) is 24.7. The van der Waals surface area contributed by atoms with Crippen LogP contribution in [0.15, 0.2) is 165 Å². The fraction of sp³-hybridized carbons (Fsp3) is 0. The minimum atomic E-state index is 0.775. The molecule has 3 heteroatoms. The Kier molecular flexibility index (Phi) is 6.43. The van der Waals surface area contributed by atoms with Crippen molar-refractivity contribution >= 4 is 48.9 Å². The summed E-state index contributed by atoms with van der Waals surface area (Å²) in [5.74, 6) is 1.57. The maximum Gasteiger partial charge on any atom is 0.146 e. The molecule has 0 spiro atoms. The summed E-state index contributed by atoms with van der Waals surface area (Å²) in [4.78, 5) is 10.3. The Labute approximate surface area is 261 Å². The van der Waals surface area contributed by atoms with E-state index in [2.05, 4.69) is 127 Å². The fourth-order valence-corrected chi connectivity index (χ4v) is 6.56. The minimum absolute atomic E-state index is 0.775. The molecule has 0 atom stereocenters. The van der Waals surface area contributed by atoms with Crippen molar-refractivity contribution < 1.29 is 0 Å². The smallest absolute Gasteiger partial charge is 0.146 e. The maximum atomic E-state index is 5.35. The molecule has 0 fully saturated rings. The molecule has 0 saturated heterocycles. The van der Waals surface area contributed by atoms with Crippen molar-refractivity contribution in [2.45, 2.75) is 0 Å². The second-order valence-electron chi connectivity index (χ2n) is 11.1. The Hall–Kier alpha value is -6.06. The SMILES string of the molecule is C=C/C=C(\C=C)c1nc2ccccc2n1-c1cccc(-c2c3ccccc3c(-c3ccc4ccccc4c3)c3ccccc23)n1. The van der Waals surface area contributed by atoms with E-state index in [-0.39, 0.29) is 0 Å². The first kappa shape index (κ1) is 26.6. The number of allylic oxidation sites excluding steroid dienone is 4. The predicted octanol–water partition coefficient (Wildman–Crippen LogP) is 11.0. The molecule has 0 aliphatic heterocycles. The molecule has 2 aromatic heterocycles. The van der Waals surface area contributed by atoms with Crippen LogP contribution in [-0.4, -0.2) is 14.5 Å².